The van der Waals surface area contributed by atoms with Crippen LogP contribution in [0.5, 0.6) is 0 Å². The van der Waals surface area contributed by atoms with E-state index in [4.69, 9.17) is 0 Å². The van der Waals surface area contributed by atoms with Crippen LogP contribution in [0.1, 0.15) is 52.9 Å². The molecule has 0 spiro atoms. The third-order valence-corrected chi connectivity index (χ3v) is 6.08. The van der Waals surface area contributed by atoms with Crippen LogP contribution in [0.4, 0.5) is 0 Å². The van der Waals surface area contributed by atoms with Crippen molar-refractivity contribution < 1.29 is 9.59 Å². The Morgan fingerprint density at radius 3 is 1.88 bits per heavy atom. The average molecular weight is 332 g/mol. The largest absolute Gasteiger partial charge is 0.383 e. The second kappa shape index (κ2) is 6.20. The Hall–Kier alpha value is -1.32. The number of nitrogens with one attached hydrogen (secondary N) is 1. The van der Waals surface area contributed by atoms with E-state index in [1.165, 1.54) is 32.1 Å². The summed E-state index contributed by atoms with van der Waals surface area (Å²) in [6.07, 6.45) is 8.13. The van der Waals surface area contributed by atoms with Crippen molar-refractivity contribution in [2.75, 3.05) is 14.1 Å². The molecule has 0 radical (unpaired) electrons. The van der Waals surface area contributed by atoms with Gasteiger partial charge in [0.15, 0.2) is 5.78 Å². The molecule has 0 aliphatic heterocycles. The second-order valence-electron chi connectivity index (χ2n) is 9.52. The van der Waals surface area contributed by atoms with Gasteiger partial charge in [0.2, 0.25) is 0 Å². The molecule has 4 rings (SSSR count). The Morgan fingerprint density at radius 2 is 1.46 bits per heavy atom. The lowest BCUT2D eigenvalue weighted by molar-refractivity contribution is -0.128. The van der Waals surface area contributed by atoms with Crippen LogP contribution in [0.25, 0.3) is 0 Å². The molecular weight excluding hydrogens is 300 g/mol. The van der Waals surface area contributed by atoms with Crippen molar-refractivity contribution in [1.82, 2.24) is 10.2 Å². The van der Waals surface area contributed by atoms with Gasteiger partial charge in [0.25, 0.3) is 5.91 Å². The highest BCUT2D eigenvalue weighted by Gasteiger charge is 2.49. The Labute approximate surface area is 146 Å². The molecule has 1 N–H and O–H groups in total. The van der Waals surface area contributed by atoms with Crippen LogP contribution < -0.4 is 5.32 Å². The Balaban J connectivity index is 1.75. The van der Waals surface area contributed by atoms with Crippen LogP contribution >= 0.6 is 0 Å². The van der Waals surface area contributed by atoms with Crippen molar-refractivity contribution >= 4 is 11.7 Å². The zero-order valence-electron chi connectivity index (χ0n) is 15.8. The Kier molecular flexibility index (Phi) is 4.52. The quantitative estimate of drug-likeness (QED) is 0.489. The van der Waals surface area contributed by atoms with E-state index in [1.807, 2.05) is 34.9 Å². The predicted octanol–water partition coefficient (Wildman–Crippen LogP) is 2.99. The van der Waals surface area contributed by atoms with Gasteiger partial charge in [-0.25, -0.2) is 0 Å². The van der Waals surface area contributed by atoms with Crippen LogP contribution in [0.15, 0.2) is 11.8 Å². The molecule has 4 aliphatic rings. The van der Waals surface area contributed by atoms with E-state index < -0.39 is 5.41 Å². The van der Waals surface area contributed by atoms with Crippen molar-refractivity contribution in [2.24, 2.45) is 29.1 Å². The molecule has 4 bridgehead atoms. The van der Waals surface area contributed by atoms with Gasteiger partial charge in [-0.15, -0.1) is 0 Å². The lowest BCUT2D eigenvalue weighted by Gasteiger charge is -2.54. The molecule has 0 aromatic heterocycles. The first-order valence-corrected chi connectivity index (χ1v) is 9.39. The highest BCUT2D eigenvalue weighted by atomic mass is 16.2. The smallest absolute Gasteiger partial charge is 0.256 e. The minimum atomic E-state index is -0.552. The fourth-order valence-electron chi connectivity index (χ4n) is 5.27. The maximum Gasteiger partial charge on any atom is 0.256 e. The van der Waals surface area contributed by atoms with E-state index >= 15 is 0 Å². The van der Waals surface area contributed by atoms with E-state index in [2.05, 4.69) is 5.32 Å². The molecule has 4 aliphatic carbocycles. The number of hydrogen-bond acceptors (Lipinski definition) is 3. The van der Waals surface area contributed by atoms with Crippen molar-refractivity contribution in [3.8, 4) is 0 Å². The molecule has 4 nitrogen and oxygen atoms in total. The lowest BCUT2D eigenvalue weighted by atomic mass is 9.54. The van der Waals surface area contributed by atoms with Crippen LogP contribution in [-0.2, 0) is 9.59 Å². The minimum Gasteiger partial charge on any atom is -0.383 e. The SMILES string of the molecule is CN(C)/C=C(\C(=O)NC1C2CC3CC(C2)CC1C3)C(=O)C(C)(C)C. The molecule has 1 amide bonds. The van der Waals surface area contributed by atoms with Crippen molar-refractivity contribution in [3.63, 3.8) is 0 Å². The molecule has 4 saturated carbocycles. The Bertz CT molecular complexity index is 528. The van der Waals surface area contributed by atoms with Crippen LogP contribution in [0.2, 0.25) is 0 Å². The zero-order chi connectivity index (χ0) is 17.6. The van der Waals surface area contributed by atoms with Crippen LogP contribution in [0.3, 0.4) is 0 Å². The second-order valence-corrected chi connectivity index (χ2v) is 9.52. The van der Waals surface area contributed by atoms with Crippen LogP contribution in [0, 0.1) is 29.1 Å². The molecule has 4 heteroatoms. The fourth-order valence-corrected chi connectivity index (χ4v) is 5.27. The summed E-state index contributed by atoms with van der Waals surface area (Å²) in [7, 11) is 3.71. The molecule has 24 heavy (non-hydrogen) atoms. The molecule has 0 saturated heterocycles. The summed E-state index contributed by atoms with van der Waals surface area (Å²) in [5, 5.41) is 3.27. The van der Waals surface area contributed by atoms with E-state index in [9.17, 15) is 9.59 Å². The highest BCUT2D eigenvalue weighted by molar-refractivity contribution is 6.20. The van der Waals surface area contributed by atoms with Gasteiger partial charge in [-0.3, -0.25) is 9.59 Å². The fraction of sp³-hybridized carbons (Fsp3) is 0.800. The predicted molar refractivity (Wildman–Crippen MR) is 95.2 cm³/mol. The zero-order valence-corrected chi connectivity index (χ0v) is 15.8. The van der Waals surface area contributed by atoms with Gasteiger partial charge in [0, 0.05) is 31.8 Å². The number of amides is 1. The van der Waals surface area contributed by atoms with E-state index in [0.717, 1.165) is 11.8 Å². The number of Topliss-reactive ketones (excluding diaryl/α,β-unsaturated/α-hetero) is 1. The monoisotopic (exact) mass is 332 g/mol. The third-order valence-electron chi connectivity index (χ3n) is 6.08. The molecule has 4 fully saturated rings. The third kappa shape index (κ3) is 3.38. The minimum absolute atomic E-state index is 0.0856. The maximum absolute atomic E-state index is 12.9. The highest BCUT2D eigenvalue weighted by Crippen LogP contribution is 2.53. The van der Waals surface area contributed by atoms with E-state index in [-0.39, 0.29) is 17.7 Å². The van der Waals surface area contributed by atoms with E-state index in [0.29, 0.717) is 17.4 Å². The number of carbonyl (C=O) groups is 2. The van der Waals surface area contributed by atoms with Crippen molar-refractivity contribution in [2.45, 2.75) is 58.9 Å². The van der Waals surface area contributed by atoms with Crippen molar-refractivity contribution in [3.05, 3.63) is 11.8 Å². The molecule has 0 aromatic rings. The van der Waals surface area contributed by atoms with E-state index in [1.54, 1.807) is 11.1 Å². The van der Waals surface area contributed by atoms with Gasteiger partial charge in [-0.1, -0.05) is 20.8 Å². The summed E-state index contributed by atoms with van der Waals surface area (Å²) in [5.74, 6) is 2.74. The maximum atomic E-state index is 12.9. The summed E-state index contributed by atoms with van der Waals surface area (Å²) in [6, 6.07) is 0.267. The molecule has 0 heterocycles. The molecule has 134 valence electrons. The number of ketones is 1. The van der Waals surface area contributed by atoms with Gasteiger partial charge in [-0.05, 0) is 55.8 Å². The standard InChI is InChI=1S/C20H32N2O2/c1-20(2,3)18(23)16(11-22(4)5)19(24)21-17-14-7-12-6-13(9-14)10-15(17)8-12/h11-15,17H,6-10H2,1-5H3,(H,21,24)/b16-11-. The summed E-state index contributed by atoms with van der Waals surface area (Å²) in [4.78, 5) is 27.5. The summed E-state index contributed by atoms with van der Waals surface area (Å²) in [5.41, 5.74) is -0.259. The van der Waals surface area contributed by atoms with Crippen LogP contribution in [-0.4, -0.2) is 36.7 Å². The first-order valence-electron chi connectivity index (χ1n) is 9.39. The summed E-state index contributed by atoms with van der Waals surface area (Å²) >= 11 is 0. The number of nitrogens with zero attached hydrogens (tertiary/aromatic N) is 1. The topological polar surface area (TPSA) is 49.4 Å². The number of carbonyl (C=O) groups excluding carboxylic acids is 2. The average Bonchev–Trinajstić information content (AvgIpc) is 2.45. The number of hydrogen-bond donors (Lipinski definition) is 1. The number of rotatable bonds is 4. The molecule has 0 aromatic carbocycles. The first kappa shape index (κ1) is 17.5. The van der Waals surface area contributed by atoms with Crippen molar-refractivity contribution in [1.29, 1.82) is 0 Å². The van der Waals surface area contributed by atoms with Gasteiger partial charge in [0.1, 0.15) is 0 Å². The van der Waals surface area contributed by atoms with Gasteiger partial charge in [0.05, 0.1) is 5.57 Å². The lowest BCUT2D eigenvalue weighted by Crippen LogP contribution is -2.56. The van der Waals surface area contributed by atoms with Gasteiger partial charge >= 0.3 is 0 Å². The molecule has 0 atom stereocenters. The normalized spacial score (nSPS) is 35.0. The van der Waals surface area contributed by atoms with Gasteiger partial charge < -0.3 is 10.2 Å². The molecule has 0 unspecified atom stereocenters. The summed E-state index contributed by atoms with van der Waals surface area (Å²) < 4.78 is 0. The summed E-state index contributed by atoms with van der Waals surface area (Å²) in [6.45, 7) is 5.61. The van der Waals surface area contributed by atoms with Gasteiger partial charge in [-0.2, -0.15) is 0 Å². The molecular formula is C20H32N2O2. The first-order chi connectivity index (χ1) is 11.1. The Morgan fingerprint density at radius 1 is 0.958 bits per heavy atom.